The van der Waals surface area contributed by atoms with Gasteiger partial charge in [0.1, 0.15) is 6.61 Å². The molecule has 1 aromatic carbocycles. The maximum absolute atomic E-state index is 12.2. The second kappa shape index (κ2) is 6.65. The SMILES string of the molecule is COCCOCC(=O)N1CC(N)Cc2ccccc21. The molecule has 19 heavy (non-hydrogen) atoms. The Balaban J connectivity index is 2.01. The number of carbonyl (C=O) groups excluding carboxylic acids is 1. The fourth-order valence-corrected chi connectivity index (χ4v) is 2.24. The summed E-state index contributed by atoms with van der Waals surface area (Å²) in [5.74, 6) is -0.0568. The van der Waals surface area contributed by atoms with Crippen molar-refractivity contribution in [2.75, 3.05) is 38.4 Å². The summed E-state index contributed by atoms with van der Waals surface area (Å²) in [6.45, 7) is 1.51. The molecule has 0 spiro atoms. The molecule has 2 N–H and O–H groups in total. The smallest absolute Gasteiger partial charge is 0.253 e. The van der Waals surface area contributed by atoms with Crippen LogP contribution in [0.15, 0.2) is 24.3 Å². The predicted octanol–water partition coefficient (Wildman–Crippen LogP) is 0.566. The lowest BCUT2D eigenvalue weighted by molar-refractivity contribution is -0.123. The molecule has 0 bridgehead atoms. The van der Waals surface area contributed by atoms with Gasteiger partial charge in [-0.15, -0.1) is 0 Å². The fraction of sp³-hybridized carbons (Fsp3) is 0.500. The van der Waals surface area contributed by atoms with Gasteiger partial charge >= 0.3 is 0 Å². The zero-order valence-electron chi connectivity index (χ0n) is 11.2. The number of rotatable bonds is 5. The number of para-hydroxylation sites is 1. The lowest BCUT2D eigenvalue weighted by atomic mass is 9.98. The van der Waals surface area contributed by atoms with E-state index in [2.05, 4.69) is 0 Å². The van der Waals surface area contributed by atoms with Crippen LogP contribution >= 0.6 is 0 Å². The first kappa shape index (κ1) is 14.0. The number of fused-ring (bicyclic) bond motifs is 1. The molecule has 1 atom stereocenters. The van der Waals surface area contributed by atoms with E-state index in [0.29, 0.717) is 19.8 Å². The fourth-order valence-electron chi connectivity index (χ4n) is 2.24. The molecule has 0 radical (unpaired) electrons. The van der Waals surface area contributed by atoms with Gasteiger partial charge in [0.25, 0.3) is 5.91 Å². The molecule has 0 saturated carbocycles. The van der Waals surface area contributed by atoms with Crippen molar-refractivity contribution in [2.45, 2.75) is 12.5 Å². The molecule has 1 aliphatic rings. The summed E-state index contributed by atoms with van der Waals surface area (Å²) >= 11 is 0. The number of benzene rings is 1. The molecular formula is C14H20N2O3. The number of methoxy groups -OCH3 is 1. The Morgan fingerprint density at radius 3 is 3.00 bits per heavy atom. The molecule has 5 heteroatoms. The molecule has 0 aliphatic carbocycles. The maximum atomic E-state index is 12.2. The minimum atomic E-state index is -0.0568. The molecule has 0 saturated heterocycles. The molecule has 1 unspecified atom stereocenters. The van der Waals surface area contributed by atoms with Crippen LogP contribution in [0.3, 0.4) is 0 Å². The Morgan fingerprint density at radius 2 is 2.21 bits per heavy atom. The first-order valence-electron chi connectivity index (χ1n) is 6.43. The van der Waals surface area contributed by atoms with Crippen molar-refractivity contribution in [1.82, 2.24) is 0 Å². The van der Waals surface area contributed by atoms with Gasteiger partial charge in [-0.05, 0) is 18.1 Å². The summed E-state index contributed by atoms with van der Waals surface area (Å²) in [5, 5.41) is 0. The Labute approximate surface area is 113 Å². The summed E-state index contributed by atoms with van der Waals surface area (Å²) in [6.07, 6.45) is 0.810. The predicted molar refractivity (Wildman–Crippen MR) is 73.2 cm³/mol. The van der Waals surface area contributed by atoms with Crippen LogP contribution in [0.2, 0.25) is 0 Å². The number of hydrogen-bond acceptors (Lipinski definition) is 4. The quantitative estimate of drug-likeness (QED) is 0.790. The molecule has 0 fully saturated rings. The van der Waals surface area contributed by atoms with Crippen LogP contribution in [0.25, 0.3) is 0 Å². The number of ether oxygens (including phenoxy) is 2. The molecule has 1 amide bonds. The number of nitrogens with two attached hydrogens (primary N) is 1. The lowest BCUT2D eigenvalue weighted by Crippen LogP contribution is -2.47. The molecule has 1 heterocycles. The minimum Gasteiger partial charge on any atom is -0.382 e. The van der Waals surface area contributed by atoms with Gasteiger partial charge in [-0.2, -0.15) is 0 Å². The largest absolute Gasteiger partial charge is 0.382 e. The van der Waals surface area contributed by atoms with Gasteiger partial charge in [-0.1, -0.05) is 18.2 Å². The summed E-state index contributed by atoms with van der Waals surface area (Å²) in [5.41, 5.74) is 8.07. The molecule has 104 valence electrons. The first-order valence-corrected chi connectivity index (χ1v) is 6.43. The van der Waals surface area contributed by atoms with E-state index >= 15 is 0 Å². The molecule has 1 aromatic rings. The summed E-state index contributed by atoms with van der Waals surface area (Å²) in [7, 11) is 1.60. The zero-order chi connectivity index (χ0) is 13.7. The van der Waals surface area contributed by atoms with Gasteiger partial charge in [0, 0.05) is 25.4 Å². The summed E-state index contributed by atoms with van der Waals surface area (Å²) < 4.78 is 10.2. The van der Waals surface area contributed by atoms with Crippen LogP contribution in [0.4, 0.5) is 5.69 Å². The number of hydrogen-bond donors (Lipinski definition) is 1. The average molecular weight is 264 g/mol. The number of amides is 1. The van der Waals surface area contributed by atoms with Gasteiger partial charge in [0.2, 0.25) is 0 Å². The summed E-state index contributed by atoms with van der Waals surface area (Å²) in [6, 6.07) is 7.85. The van der Waals surface area contributed by atoms with Crippen LogP contribution in [-0.4, -0.2) is 45.4 Å². The van der Waals surface area contributed by atoms with E-state index in [-0.39, 0.29) is 18.6 Å². The van der Waals surface area contributed by atoms with Crippen molar-refractivity contribution in [3.8, 4) is 0 Å². The highest BCUT2D eigenvalue weighted by Crippen LogP contribution is 2.26. The molecule has 5 nitrogen and oxygen atoms in total. The third-order valence-corrected chi connectivity index (χ3v) is 3.14. The number of nitrogens with zero attached hydrogens (tertiary/aromatic N) is 1. The van der Waals surface area contributed by atoms with E-state index in [0.717, 1.165) is 17.7 Å². The second-order valence-electron chi connectivity index (χ2n) is 4.64. The van der Waals surface area contributed by atoms with Gasteiger partial charge in [-0.3, -0.25) is 4.79 Å². The van der Waals surface area contributed by atoms with E-state index in [4.69, 9.17) is 15.2 Å². The van der Waals surface area contributed by atoms with E-state index < -0.39 is 0 Å². The van der Waals surface area contributed by atoms with Crippen LogP contribution < -0.4 is 10.6 Å². The van der Waals surface area contributed by atoms with Crippen molar-refractivity contribution in [2.24, 2.45) is 5.73 Å². The van der Waals surface area contributed by atoms with Crippen LogP contribution in [-0.2, 0) is 20.7 Å². The Kier molecular flexibility index (Phi) is 4.90. The van der Waals surface area contributed by atoms with E-state index in [1.165, 1.54) is 0 Å². The topological polar surface area (TPSA) is 64.8 Å². The molecule has 2 rings (SSSR count). The standard InChI is InChI=1S/C14H20N2O3/c1-18-6-7-19-10-14(17)16-9-12(15)8-11-4-2-3-5-13(11)16/h2-5,12H,6-10,15H2,1H3. The number of anilines is 1. The lowest BCUT2D eigenvalue weighted by Gasteiger charge is -2.33. The van der Waals surface area contributed by atoms with Crippen molar-refractivity contribution in [3.63, 3.8) is 0 Å². The van der Waals surface area contributed by atoms with Gasteiger partial charge < -0.3 is 20.1 Å². The maximum Gasteiger partial charge on any atom is 0.253 e. The molecule has 0 aromatic heterocycles. The van der Waals surface area contributed by atoms with Crippen molar-refractivity contribution < 1.29 is 14.3 Å². The average Bonchev–Trinajstić information content (AvgIpc) is 2.42. The van der Waals surface area contributed by atoms with Crippen molar-refractivity contribution in [3.05, 3.63) is 29.8 Å². The third-order valence-electron chi connectivity index (χ3n) is 3.14. The van der Waals surface area contributed by atoms with E-state index in [9.17, 15) is 4.79 Å². The van der Waals surface area contributed by atoms with Gasteiger partial charge in [-0.25, -0.2) is 0 Å². The Morgan fingerprint density at radius 1 is 1.42 bits per heavy atom. The summed E-state index contributed by atoms with van der Waals surface area (Å²) in [4.78, 5) is 13.9. The van der Waals surface area contributed by atoms with Crippen LogP contribution in [0, 0.1) is 0 Å². The van der Waals surface area contributed by atoms with Gasteiger partial charge in [0.05, 0.1) is 13.2 Å². The molecule has 1 aliphatic heterocycles. The molecular weight excluding hydrogens is 244 g/mol. The minimum absolute atomic E-state index is 0.0159. The number of carbonyl (C=O) groups is 1. The second-order valence-corrected chi connectivity index (χ2v) is 4.64. The first-order chi connectivity index (χ1) is 9.22. The highest BCUT2D eigenvalue weighted by molar-refractivity contribution is 5.95. The monoisotopic (exact) mass is 264 g/mol. The van der Waals surface area contributed by atoms with Crippen LogP contribution in [0.1, 0.15) is 5.56 Å². The Bertz CT molecular complexity index is 436. The highest BCUT2D eigenvalue weighted by atomic mass is 16.5. The zero-order valence-corrected chi connectivity index (χ0v) is 11.2. The normalized spacial score (nSPS) is 18.2. The van der Waals surface area contributed by atoms with Gasteiger partial charge in [0.15, 0.2) is 0 Å². The van der Waals surface area contributed by atoms with Crippen LogP contribution in [0.5, 0.6) is 0 Å². The van der Waals surface area contributed by atoms with Crippen molar-refractivity contribution >= 4 is 11.6 Å². The van der Waals surface area contributed by atoms with E-state index in [1.807, 2.05) is 24.3 Å². The van der Waals surface area contributed by atoms with Crippen molar-refractivity contribution in [1.29, 1.82) is 0 Å². The Hall–Kier alpha value is -1.43. The van der Waals surface area contributed by atoms with E-state index in [1.54, 1.807) is 12.0 Å². The highest BCUT2D eigenvalue weighted by Gasteiger charge is 2.26. The third kappa shape index (κ3) is 3.53.